The second kappa shape index (κ2) is 8.80. The second-order valence-corrected chi connectivity index (χ2v) is 7.74. The summed E-state index contributed by atoms with van der Waals surface area (Å²) in [7, 11) is 0. The first-order valence-electron chi connectivity index (χ1n) is 8.92. The van der Waals surface area contributed by atoms with Crippen LogP contribution in [-0.2, 0) is 4.79 Å². The van der Waals surface area contributed by atoms with Crippen LogP contribution in [0, 0.1) is 6.92 Å². The lowest BCUT2D eigenvalue weighted by Gasteiger charge is -2.13. The molecular weight excluding hydrogens is 370 g/mol. The molecular formula is C22H21N3O2S. The largest absolute Gasteiger partial charge is 0.325 e. The molecule has 1 N–H and O–H groups in total. The molecule has 3 aromatic rings. The number of hydrogen-bond donors (Lipinski definition) is 1. The number of hydrogen-bond acceptors (Lipinski definition) is 5. The van der Waals surface area contributed by atoms with Crippen LogP contribution in [0.25, 0.3) is 11.3 Å². The average Bonchev–Trinajstić information content (AvgIpc) is 2.68. The minimum absolute atomic E-state index is 0.0416. The molecule has 0 aliphatic heterocycles. The fourth-order valence-corrected chi connectivity index (χ4v) is 3.45. The Morgan fingerprint density at radius 2 is 1.75 bits per heavy atom. The van der Waals surface area contributed by atoms with E-state index in [0.29, 0.717) is 16.4 Å². The van der Waals surface area contributed by atoms with Crippen molar-refractivity contribution >= 4 is 29.1 Å². The molecule has 0 unspecified atom stereocenters. The monoisotopic (exact) mass is 391 g/mol. The van der Waals surface area contributed by atoms with Crippen LogP contribution in [0.1, 0.15) is 29.9 Å². The molecule has 2 aromatic carbocycles. The van der Waals surface area contributed by atoms with Crippen LogP contribution in [0.2, 0.25) is 0 Å². The number of anilines is 1. The highest BCUT2D eigenvalue weighted by Gasteiger charge is 2.17. The molecule has 6 heteroatoms. The summed E-state index contributed by atoms with van der Waals surface area (Å²) < 4.78 is 0. The number of Topliss-reactive ketones (excluding diaryl/α,β-unsaturated/α-hetero) is 1. The van der Waals surface area contributed by atoms with E-state index in [2.05, 4.69) is 15.3 Å². The summed E-state index contributed by atoms with van der Waals surface area (Å²) >= 11 is 1.30. The van der Waals surface area contributed by atoms with Crippen LogP contribution in [0.15, 0.2) is 65.8 Å². The molecule has 1 atom stereocenters. The summed E-state index contributed by atoms with van der Waals surface area (Å²) in [5.41, 5.74) is 3.84. The van der Waals surface area contributed by atoms with Gasteiger partial charge in [-0.05, 0) is 39.0 Å². The van der Waals surface area contributed by atoms with E-state index in [1.165, 1.54) is 18.7 Å². The molecule has 3 rings (SSSR count). The highest BCUT2D eigenvalue weighted by molar-refractivity contribution is 8.00. The van der Waals surface area contributed by atoms with E-state index in [4.69, 9.17) is 0 Å². The zero-order valence-electron chi connectivity index (χ0n) is 16.0. The van der Waals surface area contributed by atoms with E-state index < -0.39 is 5.25 Å². The van der Waals surface area contributed by atoms with E-state index in [1.807, 2.05) is 50.2 Å². The third kappa shape index (κ3) is 5.04. The number of nitrogens with zero attached hydrogens (tertiary/aromatic N) is 2. The molecule has 5 nitrogen and oxygen atoms in total. The molecule has 0 saturated heterocycles. The Hall–Kier alpha value is -2.99. The van der Waals surface area contributed by atoms with Crippen LogP contribution < -0.4 is 5.32 Å². The number of aromatic nitrogens is 2. The SMILES string of the molecule is CC(=O)c1cccc(NC(=O)[C@H](C)Sc2nc(C)cc(-c3ccccc3)n2)c1. The van der Waals surface area contributed by atoms with Crippen molar-refractivity contribution in [2.24, 2.45) is 0 Å². The average molecular weight is 391 g/mol. The minimum Gasteiger partial charge on any atom is -0.325 e. The van der Waals surface area contributed by atoms with Gasteiger partial charge in [0.25, 0.3) is 0 Å². The number of benzene rings is 2. The Morgan fingerprint density at radius 1 is 1.00 bits per heavy atom. The van der Waals surface area contributed by atoms with Crippen molar-refractivity contribution in [3.8, 4) is 11.3 Å². The maximum Gasteiger partial charge on any atom is 0.237 e. The summed E-state index contributed by atoms with van der Waals surface area (Å²) in [5.74, 6) is -0.211. The number of thioether (sulfide) groups is 1. The van der Waals surface area contributed by atoms with Crippen LogP contribution in [0.3, 0.4) is 0 Å². The summed E-state index contributed by atoms with van der Waals surface area (Å²) in [6.07, 6.45) is 0. The number of nitrogens with one attached hydrogen (secondary N) is 1. The van der Waals surface area contributed by atoms with Crippen molar-refractivity contribution < 1.29 is 9.59 Å². The van der Waals surface area contributed by atoms with Gasteiger partial charge in [0.1, 0.15) is 0 Å². The molecule has 0 saturated carbocycles. The van der Waals surface area contributed by atoms with Crippen LogP contribution in [0.4, 0.5) is 5.69 Å². The third-order valence-corrected chi connectivity index (χ3v) is 5.05. The highest BCUT2D eigenvalue weighted by Crippen LogP contribution is 2.25. The summed E-state index contributed by atoms with van der Waals surface area (Å²) in [5, 5.41) is 3.01. The number of ketones is 1. The van der Waals surface area contributed by atoms with Gasteiger partial charge in [-0.2, -0.15) is 0 Å². The molecule has 0 fully saturated rings. The van der Waals surface area contributed by atoms with Crippen molar-refractivity contribution in [2.45, 2.75) is 31.2 Å². The van der Waals surface area contributed by atoms with Crippen molar-refractivity contribution in [2.75, 3.05) is 5.32 Å². The number of rotatable bonds is 6. The van der Waals surface area contributed by atoms with Crippen LogP contribution in [-0.4, -0.2) is 26.9 Å². The van der Waals surface area contributed by atoms with Gasteiger partial charge in [-0.25, -0.2) is 9.97 Å². The lowest BCUT2D eigenvalue weighted by Crippen LogP contribution is -2.22. The summed E-state index contributed by atoms with van der Waals surface area (Å²) in [4.78, 5) is 33.1. The van der Waals surface area contributed by atoms with Crippen molar-refractivity contribution in [1.29, 1.82) is 0 Å². The molecule has 1 heterocycles. The predicted molar refractivity (Wildman–Crippen MR) is 113 cm³/mol. The third-order valence-electron chi connectivity index (χ3n) is 4.09. The van der Waals surface area contributed by atoms with E-state index in [1.54, 1.807) is 24.3 Å². The Morgan fingerprint density at radius 3 is 2.46 bits per heavy atom. The summed E-state index contributed by atoms with van der Waals surface area (Å²) in [6, 6.07) is 18.7. The molecule has 0 radical (unpaired) electrons. The van der Waals surface area contributed by atoms with Gasteiger partial charge in [-0.15, -0.1) is 0 Å². The zero-order valence-corrected chi connectivity index (χ0v) is 16.8. The Balaban J connectivity index is 1.73. The molecule has 0 aliphatic rings. The molecule has 28 heavy (non-hydrogen) atoms. The fraction of sp³-hybridized carbons (Fsp3) is 0.182. The van der Waals surface area contributed by atoms with Gasteiger partial charge < -0.3 is 5.32 Å². The topological polar surface area (TPSA) is 72.0 Å². The van der Waals surface area contributed by atoms with Crippen molar-refractivity contribution in [1.82, 2.24) is 9.97 Å². The lowest BCUT2D eigenvalue weighted by molar-refractivity contribution is -0.115. The number of amides is 1. The van der Waals surface area contributed by atoms with E-state index in [9.17, 15) is 9.59 Å². The van der Waals surface area contributed by atoms with Gasteiger partial charge in [0.05, 0.1) is 10.9 Å². The molecule has 1 aromatic heterocycles. The maximum atomic E-state index is 12.6. The first kappa shape index (κ1) is 19.8. The Kier molecular flexibility index (Phi) is 6.21. The van der Waals surface area contributed by atoms with Crippen LogP contribution >= 0.6 is 11.8 Å². The van der Waals surface area contributed by atoms with E-state index in [-0.39, 0.29) is 11.7 Å². The maximum absolute atomic E-state index is 12.6. The predicted octanol–water partition coefficient (Wildman–Crippen LogP) is 4.77. The van der Waals surface area contributed by atoms with Gasteiger partial charge >= 0.3 is 0 Å². The van der Waals surface area contributed by atoms with Gasteiger partial charge in [-0.1, -0.05) is 54.2 Å². The first-order valence-corrected chi connectivity index (χ1v) is 9.80. The molecule has 0 spiro atoms. The zero-order chi connectivity index (χ0) is 20.1. The number of carbonyl (C=O) groups excluding carboxylic acids is 2. The molecule has 0 bridgehead atoms. The van der Waals surface area contributed by atoms with Crippen molar-refractivity contribution in [3.63, 3.8) is 0 Å². The van der Waals surface area contributed by atoms with Gasteiger partial charge in [0, 0.05) is 22.5 Å². The second-order valence-electron chi connectivity index (χ2n) is 6.43. The van der Waals surface area contributed by atoms with E-state index in [0.717, 1.165) is 17.0 Å². The normalized spacial score (nSPS) is 11.7. The molecule has 142 valence electrons. The first-order chi connectivity index (χ1) is 13.4. The smallest absolute Gasteiger partial charge is 0.237 e. The number of carbonyl (C=O) groups is 2. The standard InChI is InChI=1S/C22H21N3O2S/c1-14-12-20(17-8-5-4-6-9-17)25-22(23-14)28-16(3)21(27)24-19-11-7-10-18(13-19)15(2)26/h4-13,16H,1-3H3,(H,24,27)/t16-/m0/s1. The Labute approximate surface area is 168 Å². The van der Waals surface area contributed by atoms with Crippen LogP contribution in [0.5, 0.6) is 0 Å². The summed E-state index contributed by atoms with van der Waals surface area (Å²) in [6.45, 7) is 5.22. The highest BCUT2D eigenvalue weighted by atomic mass is 32.2. The van der Waals surface area contributed by atoms with Gasteiger partial charge in [0.2, 0.25) is 5.91 Å². The van der Waals surface area contributed by atoms with Gasteiger partial charge in [-0.3, -0.25) is 9.59 Å². The lowest BCUT2D eigenvalue weighted by atomic mass is 10.1. The quantitative estimate of drug-likeness (QED) is 0.372. The van der Waals surface area contributed by atoms with E-state index >= 15 is 0 Å². The molecule has 0 aliphatic carbocycles. The van der Waals surface area contributed by atoms with Crippen molar-refractivity contribution in [3.05, 3.63) is 71.9 Å². The fourth-order valence-electron chi connectivity index (χ4n) is 2.62. The minimum atomic E-state index is -0.397. The Bertz CT molecular complexity index is 1010. The van der Waals surface area contributed by atoms with Gasteiger partial charge in [0.15, 0.2) is 10.9 Å². The number of aryl methyl sites for hydroxylation is 1. The molecule has 1 amide bonds.